The highest BCUT2D eigenvalue weighted by molar-refractivity contribution is 5.00. The summed E-state index contributed by atoms with van der Waals surface area (Å²) in [6.45, 7) is 6.14. The van der Waals surface area contributed by atoms with Crippen molar-refractivity contribution in [3.63, 3.8) is 0 Å². The summed E-state index contributed by atoms with van der Waals surface area (Å²) in [4.78, 5) is 4.91. The Labute approximate surface area is 103 Å². The van der Waals surface area contributed by atoms with Gasteiger partial charge in [0.15, 0.2) is 0 Å². The standard InChI is InChI=1S/C13H23N3O/c1-11-8-15(2)9-12(5-6-14)16(11)10-13-4-3-7-17-13/h3-4,7,11-12H,5-6,8-10,14H2,1-2H3. The fourth-order valence-electron chi connectivity index (χ4n) is 2.77. The first-order valence-electron chi connectivity index (χ1n) is 6.37. The van der Waals surface area contributed by atoms with Crippen LogP contribution in [0, 0.1) is 0 Å². The predicted octanol–water partition coefficient (Wildman–Crippen LogP) is 1.13. The van der Waals surface area contributed by atoms with Crippen LogP contribution in [0.25, 0.3) is 0 Å². The van der Waals surface area contributed by atoms with Crippen LogP contribution in [0.15, 0.2) is 22.8 Å². The SMILES string of the molecule is CC1CN(C)CC(CCN)N1Cc1ccco1. The number of piperazine rings is 1. The zero-order valence-corrected chi connectivity index (χ0v) is 10.8. The third-order valence-electron chi connectivity index (χ3n) is 3.55. The van der Waals surface area contributed by atoms with Gasteiger partial charge in [-0.05, 0) is 39.1 Å². The highest BCUT2D eigenvalue weighted by Gasteiger charge is 2.30. The van der Waals surface area contributed by atoms with Crippen molar-refractivity contribution in [2.75, 3.05) is 26.7 Å². The first-order chi connectivity index (χ1) is 8.20. The smallest absolute Gasteiger partial charge is 0.117 e. The summed E-state index contributed by atoms with van der Waals surface area (Å²) in [5.74, 6) is 1.04. The molecule has 2 atom stereocenters. The molecular weight excluding hydrogens is 214 g/mol. The van der Waals surface area contributed by atoms with Gasteiger partial charge >= 0.3 is 0 Å². The maximum atomic E-state index is 5.72. The van der Waals surface area contributed by atoms with E-state index in [0.717, 1.165) is 38.4 Å². The molecule has 1 saturated heterocycles. The molecule has 0 spiro atoms. The average Bonchev–Trinajstić information content (AvgIpc) is 2.76. The zero-order valence-electron chi connectivity index (χ0n) is 10.8. The number of nitrogens with two attached hydrogens (primary N) is 1. The van der Waals surface area contributed by atoms with Crippen LogP contribution in [0.3, 0.4) is 0 Å². The number of nitrogens with zero attached hydrogens (tertiary/aromatic N) is 2. The minimum Gasteiger partial charge on any atom is -0.468 e. The van der Waals surface area contributed by atoms with Crippen LogP contribution in [0.4, 0.5) is 0 Å². The molecule has 1 aliphatic rings. The maximum Gasteiger partial charge on any atom is 0.117 e. The van der Waals surface area contributed by atoms with Crippen molar-refractivity contribution in [1.82, 2.24) is 9.80 Å². The molecule has 0 amide bonds. The van der Waals surface area contributed by atoms with Crippen LogP contribution < -0.4 is 5.73 Å². The van der Waals surface area contributed by atoms with Crippen LogP contribution in [-0.2, 0) is 6.54 Å². The molecule has 4 nitrogen and oxygen atoms in total. The lowest BCUT2D eigenvalue weighted by molar-refractivity contribution is 0.0291. The molecule has 4 heteroatoms. The summed E-state index contributed by atoms with van der Waals surface area (Å²) >= 11 is 0. The van der Waals surface area contributed by atoms with E-state index in [4.69, 9.17) is 10.2 Å². The molecule has 2 heterocycles. The number of hydrogen-bond acceptors (Lipinski definition) is 4. The van der Waals surface area contributed by atoms with E-state index in [1.54, 1.807) is 6.26 Å². The van der Waals surface area contributed by atoms with Crippen LogP contribution in [0.5, 0.6) is 0 Å². The van der Waals surface area contributed by atoms with Crippen molar-refractivity contribution in [3.8, 4) is 0 Å². The van der Waals surface area contributed by atoms with E-state index in [1.807, 2.05) is 12.1 Å². The minimum atomic E-state index is 0.541. The summed E-state index contributed by atoms with van der Waals surface area (Å²) in [7, 11) is 2.18. The molecule has 17 heavy (non-hydrogen) atoms. The summed E-state index contributed by atoms with van der Waals surface area (Å²) in [6, 6.07) is 5.09. The highest BCUT2D eigenvalue weighted by Crippen LogP contribution is 2.20. The van der Waals surface area contributed by atoms with E-state index in [1.165, 1.54) is 0 Å². The fourth-order valence-corrected chi connectivity index (χ4v) is 2.77. The fraction of sp³-hybridized carbons (Fsp3) is 0.692. The first kappa shape index (κ1) is 12.6. The van der Waals surface area contributed by atoms with Crippen molar-refractivity contribution < 1.29 is 4.42 Å². The van der Waals surface area contributed by atoms with E-state index >= 15 is 0 Å². The van der Waals surface area contributed by atoms with Crippen molar-refractivity contribution in [2.24, 2.45) is 5.73 Å². The van der Waals surface area contributed by atoms with Gasteiger partial charge in [0.1, 0.15) is 5.76 Å². The molecule has 0 saturated carbocycles. The summed E-state index contributed by atoms with van der Waals surface area (Å²) < 4.78 is 5.45. The lowest BCUT2D eigenvalue weighted by atomic mass is 10.0. The third kappa shape index (κ3) is 3.09. The average molecular weight is 237 g/mol. The Kier molecular flexibility index (Phi) is 4.20. The molecule has 0 aromatic carbocycles. The van der Waals surface area contributed by atoms with Gasteiger partial charge in [-0.1, -0.05) is 0 Å². The first-order valence-corrected chi connectivity index (χ1v) is 6.37. The van der Waals surface area contributed by atoms with Crippen molar-refractivity contribution in [2.45, 2.75) is 32.0 Å². The Hall–Kier alpha value is -0.840. The quantitative estimate of drug-likeness (QED) is 0.853. The Morgan fingerprint density at radius 1 is 1.47 bits per heavy atom. The molecule has 1 fully saturated rings. The van der Waals surface area contributed by atoms with Gasteiger partial charge < -0.3 is 15.1 Å². The monoisotopic (exact) mass is 237 g/mol. The van der Waals surface area contributed by atoms with Gasteiger partial charge in [-0.25, -0.2) is 0 Å². The Bertz CT molecular complexity index is 325. The molecule has 1 aromatic heterocycles. The number of likely N-dealkylation sites (N-methyl/N-ethyl adjacent to an activating group) is 1. The van der Waals surface area contributed by atoms with Crippen LogP contribution in [-0.4, -0.2) is 48.6 Å². The summed E-state index contributed by atoms with van der Waals surface area (Å²) in [5, 5.41) is 0. The number of furan rings is 1. The molecule has 2 rings (SSSR count). The molecular formula is C13H23N3O. The van der Waals surface area contributed by atoms with Crippen molar-refractivity contribution in [1.29, 1.82) is 0 Å². The summed E-state index contributed by atoms with van der Waals surface area (Å²) in [5.41, 5.74) is 5.72. The molecule has 0 radical (unpaired) electrons. The molecule has 2 unspecified atom stereocenters. The molecule has 96 valence electrons. The van der Waals surface area contributed by atoms with Gasteiger partial charge in [-0.15, -0.1) is 0 Å². The molecule has 1 aliphatic heterocycles. The lowest BCUT2D eigenvalue weighted by Gasteiger charge is -2.44. The Morgan fingerprint density at radius 2 is 2.29 bits per heavy atom. The molecule has 0 aliphatic carbocycles. The summed E-state index contributed by atoms with van der Waals surface area (Å²) in [6.07, 6.45) is 2.80. The van der Waals surface area contributed by atoms with E-state index in [9.17, 15) is 0 Å². The zero-order chi connectivity index (χ0) is 12.3. The molecule has 0 bridgehead atoms. The lowest BCUT2D eigenvalue weighted by Crippen LogP contribution is -2.56. The van der Waals surface area contributed by atoms with E-state index < -0.39 is 0 Å². The van der Waals surface area contributed by atoms with Gasteiger partial charge in [-0.3, -0.25) is 4.90 Å². The van der Waals surface area contributed by atoms with Gasteiger partial charge in [0.2, 0.25) is 0 Å². The van der Waals surface area contributed by atoms with Crippen LogP contribution >= 0.6 is 0 Å². The minimum absolute atomic E-state index is 0.541. The predicted molar refractivity (Wildman–Crippen MR) is 68.7 cm³/mol. The largest absolute Gasteiger partial charge is 0.468 e. The second kappa shape index (κ2) is 5.67. The second-order valence-electron chi connectivity index (χ2n) is 5.05. The number of hydrogen-bond donors (Lipinski definition) is 1. The van der Waals surface area contributed by atoms with Gasteiger partial charge in [0.05, 0.1) is 12.8 Å². The van der Waals surface area contributed by atoms with Gasteiger partial charge in [0, 0.05) is 25.2 Å². The van der Waals surface area contributed by atoms with Crippen molar-refractivity contribution in [3.05, 3.63) is 24.2 Å². The van der Waals surface area contributed by atoms with Gasteiger partial charge in [-0.2, -0.15) is 0 Å². The third-order valence-corrected chi connectivity index (χ3v) is 3.55. The Morgan fingerprint density at radius 3 is 2.94 bits per heavy atom. The molecule has 2 N–H and O–H groups in total. The van der Waals surface area contributed by atoms with Crippen LogP contribution in [0.2, 0.25) is 0 Å². The maximum absolute atomic E-state index is 5.72. The Balaban J connectivity index is 2.04. The van der Waals surface area contributed by atoms with E-state index in [0.29, 0.717) is 12.1 Å². The van der Waals surface area contributed by atoms with Gasteiger partial charge in [0.25, 0.3) is 0 Å². The highest BCUT2D eigenvalue weighted by atomic mass is 16.3. The van der Waals surface area contributed by atoms with E-state index in [-0.39, 0.29) is 0 Å². The second-order valence-corrected chi connectivity index (χ2v) is 5.05. The number of rotatable bonds is 4. The molecule has 1 aromatic rings. The van der Waals surface area contributed by atoms with Crippen LogP contribution in [0.1, 0.15) is 19.1 Å². The normalized spacial score (nSPS) is 27.5. The topological polar surface area (TPSA) is 45.6 Å². The van der Waals surface area contributed by atoms with E-state index in [2.05, 4.69) is 23.8 Å². The van der Waals surface area contributed by atoms with Crippen molar-refractivity contribution >= 4 is 0 Å².